The minimum Gasteiger partial charge on any atom is -0.452 e. The number of nitrogens with zero attached hydrogens (tertiary/aromatic N) is 1. The van der Waals surface area contributed by atoms with Crippen LogP contribution in [-0.4, -0.2) is 23.0 Å². The second-order valence-corrected chi connectivity index (χ2v) is 7.18. The summed E-state index contributed by atoms with van der Waals surface area (Å²) < 4.78 is 18.3. The Labute approximate surface area is 166 Å². The normalized spacial score (nSPS) is 11.7. The molecule has 0 saturated heterocycles. The Morgan fingerprint density at radius 1 is 1.21 bits per heavy atom. The Bertz CT molecular complexity index is 1000. The Kier molecular flexibility index (Phi) is 6.16. The number of nitrogens with one attached hydrogen (secondary N) is 1. The molecule has 0 fully saturated rings. The lowest BCUT2D eigenvalue weighted by molar-refractivity contribution is -0.152. The quantitative estimate of drug-likeness (QED) is 0.626. The molecule has 7 heteroatoms. The third kappa shape index (κ3) is 5.23. The number of anilines is 1. The van der Waals surface area contributed by atoms with Gasteiger partial charge in [0.15, 0.2) is 6.10 Å². The number of esters is 1. The number of hydrogen-bond acceptors (Lipinski definition) is 5. The number of amides is 1. The van der Waals surface area contributed by atoms with E-state index < -0.39 is 23.8 Å². The van der Waals surface area contributed by atoms with Crippen LogP contribution in [0.2, 0.25) is 0 Å². The van der Waals surface area contributed by atoms with Crippen molar-refractivity contribution in [2.75, 3.05) is 5.32 Å². The monoisotopic (exact) mass is 398 g/mol. The summed E-state index contributed by atoms with van der Waals surface area (Å²) in [5.41, 5.74) is 3.01. The average Bonchev–Trinajstić information content (AvgIpc) is 3.10. The third-order valence-corrected chi connectivity index (χ3v) is 4.85. The second-order valence-electron chi connectivity index (χ2n) is 6.32. The molecule has 1 heterocycles. The summed E-state index contributed by atoms with van der Waals surface area (Å²) in [6, 6.07) is 13.5. The first-order valence-electron chi connectivity index (χ1n) is 8.68. The molecule has 0 spiro atoms. The number of ether oxygens (including phenoxy) is 1. The van der Waals surface area contributed by atoms with E-state index in [0.29, 0.717) is 11.4 Å². The van der Waals surface area contributed by atoms with E-state index in [0.717, 1.165) is 16.1 Å². The Hall–Kier alpha value is -3.06. The van der Waals surface area contributed by atoms with Gasteiger partial charge in [0.05, 0.1) is 12.1 Å². The Morgan fingerprint density at radius 2 is 2.00 bits per heavy atom. The minimum atomic E-state index is -1.01. The van der Waals surface area contributed by atoms with Crippen LogP contribution in [0.1, 0.15) is 18.2 Å². The van der Waals surface area contributed by atoms with E-state index in [2.05, 4.69) is 10.3 Å². The maximum absolute atomic E-state index is 13.2. The topological polar surface area (TPSA) is 68.3 Å². The molecule has 3 aromatic rings. The van der Waals surface area contributed by atoms with Gasteiger partial charge in [0.2, 0.25) is 0 Å². The van der Waals surface area contributed by atoms with E-state index in [-0.39, 0.29) is 6.42 Å². The van der Waals surface area contributed by atoms with Crippen molar-refractivity contribution >= 4 is 28.9 Å². The minimum absolute atomic E-state index is 0.0279. The summed E-state index contributed by atoms with van der Waals surface area (Å²) in [6.45, 7) is 3.47. The number of thiazole rings is 1. The molecule has 0 unspecified atom stereocenters. The van der Waals surface area contributed by atoms with Gasteiger partial charge >= 0.3 is 5.97 Å². The van der Waals surface area contributed by atoms with Crippen LogP contribution in [0, 0.1) is 12.7 Å². The molecule has 5 nitrogen and oxygen atoms in total. The van der Waals surface area contributed by atoms with Gasteiger partial charge in [-0.05, 0) is 38.1 Å². The van der Waals surface area contributed by atoms with Crippen LogP contribution >= 0.6 is 11.3 Å². The molecule has 3 rings (SSSR count). The van der Waals surface area contributed by atoms with Crippen molar-refractivity contribution in [2.24, 2.45) is 0 Å². The van der Waals surface area contributed by atoms with Gasteiger partial charge in [-0.3, -0.25) is 9.59 Å². The molecular formula is C21H19FN2O3S. The van der Waals surface area contributed by atoms with Gasteiger partial charge in [-0.25, -0.2) is 9.37 Å². The van der Waals surface area contributed by atoms with Crippen LogP contribution < -0.4 is 5.32 Å². The van der Waals surface area contributed by atoms with E-state index in [1.807, 2.05) is 31.2 Å². The maximum atomic E-state index is 13.2. The second kappa shape index (κ2) is 8.75. The van der Waals surface area contributed by atoms with Crippen molar-refractivity contribution in [3.63, 3.8) is 0 Å². The first-order valence-corrected chi connectivity index (χ1v) is 9.56. The van der Waals surface area contributed by atoms with Gasteiger partial charge in [0.1, 0.15) is 10.8 Å². The van der Waals surface area contributed by atoms with Gasteiger partial charge in [-0.1, -0.05) is 29.8 Å². The van der Waals surface area contributed by atoms with Gasteiger partial charge in [0.25, 0.3) is 5.91 Å². The van der Waals surface area contributed by atoms with Gasteiger partial charge in [-0.2, -0.15) is 0 Å². The molecule has 2 aromatic carbocycles. The summed E-state index contributed by atoms with van der Waals surface area (Å²) in [4.78, 5) is 28.7. The molecular weight excluding hydrogens is 379 g/mol. The van der Waals surface area contributed by atoms with Crippen LogP contribution in [0.15, 0.2) is 53.9 Å². The van der Waals surface area contributed by atoms with E-state index in [1.54, 1.807) is 11.4 Å². The largest absolute Gasteiger partial charge is 0.452 e. The van der Waals surface area contributed by atoms with Crippen molar-refractivity contribution in [3.05, 3.63) is 71.0 Å². The molecule has 0 aliphatic heterocycles. The standard InChI is InChI=1S/C21H19FN2O3S/c1-13-5-3-6-15(9-13)21-24-18(12-28-21)11-19(25)27-14(2)20(26)23-17-8-4-7-16(22)10-17/h3-10,12,14H,11H2,1-2H3,(H,23,26)/t14-/m0/s1. The first-order chi connectivity index (χ1) is 13.4. The number of aromatic nitrogens is 1. The highest BCUT2D eigenvalue weighted by Crippen LogP contribution is 2.24. The van der Waals surface area contributed by atoms with Crippen molar-refractivity contribution in [1.82, 2.24) is 4.98 Å². The maximum Gasteiger partial charge on any atom is 0.312 e. The molecule has 144 valence electrons. The van der Waals surface area contributed by atoms with Gasteiger partial charge < -0.3 is 10.1 Å². The van der Waals surface area contributed by atoms with Crippen molar-refractivity contribution in [3.8, 4) is 10.6 Å². The highest BCUT2D eigenvalue weighted by molar-refractivity contribution is 7.13. The number of aryl methyl sites for hydroxylation is 1. The molecule has 1 aromatic heterocycles. The molecule has 1 atom stereocenters. The Balaban J connectivity index is 1.55. The average molecular weight is 398 g/mol. The zero-order chi connectivity index (χ0) is 20.1. The summed E-state index contributed by atoms with van der Waals surface area (Å²) >= 11 is 1.45. The lowest BCUT2D eigenvalue weighted by atomic mass is 10.1. The molecule has 0 aliphatic carbocycles. The van der Waals surface area contributed by atoms with E-state index in [4.69, 9.17) is 4.74 Å². The number of carbonyl (C=O) groups excluding carboxylic acids is 2. The van der Waals surface area contributed by atoms with E-state index in [9.17, 15) is 14.0 Å². The number of halogens is 1. The van der Waals surface area contributed by atoms with Crippen molar-refractivity contribution < 1.29 is 18.7 Å². The van der Waals surface area contributed by atoms with Crippen LogP contribution in [0.4, 0.5) is 10.1 Å². The number of hydrogen-bond donors (Lipinski definition) is 1. The van der Waals surface area contributed by atoms with Crippen LogP contribution in [0.3, 0.4) is 0 Å². The summed E-state index contributed by atoms with van der Waals surface area (Å²) in [5.74, 6) is -1.55. The van der Waals surface area contributed by atoms with E-state index in [1.165, 1.54) is 36.5 Å². The predicted octanol–water partition coefficient (Wildman–Crippen LogP) is 4.37. The fraction of sp³-hybridized carbons (Fsp3) is 0.190. The van der Waals surface area contributed by atoms with Crippen LogP contribution in [0.5, 0.6) is 0 Å². The molecule has 0 aliphatic rings. The van der Waals surface area contributed by atoms with Gasteiger partial charge in [0, 0.05) is 16.6 Å². The van der Waals surface area contributed by atoms with Crippen LogP contribution in [0.25, 0.3) is 10.6 Å². The lowest BCUT2D eigenvalue weighted by Gasteiger charge is -2.13. The highest BCUT2D eigenvalue weighted by Gasteiger charge is 2.19. The molecule has 0 saturated carbocycles. The molecule has 1 N–H and O–H groups in total. The van der Waals surface area contributed by atoms with Crippen molar-refractivity contribution in [1.29, 1.82) is 0 Å². The number of carbonyl (C=O) groups is 2. The summed E-state index contributed by atoms with van der Waals surface area (Å²) in [5, 5.41) is 5.14. The van der Waals surface area contributed by atoms with Gasteiger partial charge in [-0.15, -0.1) is 11.3 Å². The molecule has 28 heavy (non-hydrogen) atoms. The molecule has 0 radical (unpaired) electrons. The number of rotatable bonds is 6. The molecule has 1 amide bonds. The van der Waals surface area contributed by atoms with Crippen LogP contribution in [-0.2, 0) is 20.7 Å². The summed E-state index contributed by atoms with van der Waals surface area (Å²) in [6.07, 6.45) is -1.04. The fourth-order valence-corrected chi connectivity index (χ4v) is 3.37. The molecule has 0 bridgehead atoms. The Morgan fingerprint density at radius 3 is 2.75 bits per heavy atom. The van der Waals surface area contributed by atoms with E-state index >= 15 is 0 Å². The first kappa shape index (κ1) is 19.7. The SMILES string of the molecule is Cc1cccc(-c2nc(CC(=O)O[C@@H](C)C(=O)Nc3cccc(F)c3)cs2)c1. The zero-order valence-corrected chi connectivity index (χ0v) is 16.3. The fourth-order valence-electron chi connectivity index (χ4n) is 2.55. The lowest BCUT2D eigenvalue weighted by Crippen LogP contribution is -2.30. The summed E-state index contributed by atoms with van der Waals surface area (Å²) in [7, 11) is 0. The smallest absolute Gasteiger partial charge is 0.312 e. The highest BCUT2D eigenvalue weighted by atomic mass is 32.1. The predicted molar refractivity (Wildman–Crippen MR) is 107 cm³/mol. The third-order valence-electron chi connectivity index (χ3n) is 3.91. The number of benzene rings is 2. The van der Waals surface area contributed by atoms with Crippen molar-refractivity contribution in [2.45, 2.75) is 26.4 Å². The zero-order valence-electron chi connectivity index (χ0n) is 15.4.